The second kappa shape index (κ2) is 6.13. The van der Waals surface area contributed by atoms with Crippen LogP contribution in [0.4, 0.5) is 28.9 Å². The van der Waals surface area contributed by atoms with Crippen LogP contribution in [0.3, 0.4) is 0 Å². The van der Waals surface area contributed by atoms with Crippen LogP contribution in [-0.2, 0) is 0 Å². The van der Waals surface area contributed by atoms with Gasteiger partial charge in [-0.2, -0.15) is 13.2 Å². The molecule has 0 bridgehead atoms. The zero-order valence-electron chi connectivity index (χ0n) is 9.45. The first kappa shape index (κ1) is 14.9. The molecule has 0 saturated carbocycles. The lowest BCUT2D eigenvalue weighted by Crippen LogP contribution is -2.09. The Bertz CT molecular complexity index is 407. The van der Waals surface area contributed by atoms with E-state index in [2.05, 4.69) is 5.32 Å². The van der Waals surface area contributed by atoms with Crippen molar-refractivity contribution in [2.75, 3.05) is 17.6 Å². The summed E-state index contributed by atoms with van der Waals surface area (Å²) in [4.78, 5) is 0. The summed E-state index contributed by atoms with van der Waals surface area (Å²) in [5.74, 6) is -0.622. The zero-order valence-corrected chi connectivity index (χ0v) is 10.2. The molecule has 0 aliphatic rings. The molecule has 0 aliphatic carbocycles. The number of halogens is 5. The van der Waals surface area contributed by atoms with Gasteiger partial charge in [0.05, 0.1) is 16.4 Å². The summed E-state index contributed by atoms with van der Waals surface area (Å²) in [6.07, 6.45) is -4.61. The van der Waals surface area contributed by atoms with E-state index in [9.17, 15) is 17.6 Å². The van der Waals surface area contributed by atoms with Crippen LogP contribution in [0.2, 0.25) is 5.02 Å². The monoisotopic (exact) mass is 284 g/mol. The summed E-state index contributed by atoms with van der Waals surface area (Å²) in [5, 5.41) is 2.69. The molecular formula is C11H13ClF4N2. The van der Waals surface area contributed by atoms with Gasteiger partial charge in [0.15, 0.2) is 0 Å². The predicted octanol–water partition coefficient (Wildman–Crippen LogP) is 4.21. The minimum absolute atomic E-state index is 0.0203. The number of nitrogen functional groups attached to an aromatic ring is 1. The van der Waals surface area contributed by atoms with Crippen LogP contribution in [-0.4, -0.2) is 12.7 Å². The predicted molar refractivity (Wildman–Crippen MR) is 64.2 cm³/mol. The van der Waals surface area contributed by atoms with Gasteiger partial charge in [0, 0.05) is 19.0 Å². The second-order valence-electron chi connectivity index (χ2n) is 3.85. The maximum Gasteiger partial charge on any atom is 0.389 e. The number of alkyl halides is 3. The molecule has 7 heteroatoms. The van der Waals surface area contributed by atoms with Crippen LogP contribution in [0.5, 0.6) is 0 Å². The van der Waals surface area contributed by atoms with Crippen LogP contribution in [0.15, 0.2) is 12.1 Å². The average molecular weight is 285 g/mol. The fraction of sp³-hybridized carbons (Fsp3) is 0.455. The summed E-state index contributed by atoms with van der Waals surface area (Å²) in [7, 11) is 0. The lowest BCUT2D eigenvalue weighted by atomic mass is 10.2. The summed E-state index contributed by atoms with van der Waals surface area (Å²) in [5.41, 5.74) is 6.18. The molecule has 0 spiro atoms. The van der Waals surface area contributed by atoms with E-state index in [1.165, 1.54) is 6.07 Å². The van der Waals surface area contributed by atoms with Gasteiger partial charge in [0.2, 0.25) is 0 Å². The van der Waals surface area contributed by atoms with E-state index in [1.54, 1.807) is 0 Å². The van der Waals surface area contributed by atoms with E-state index in [1.807, 2.05) is 0 Å². The minimum Gasteiger partial charge on any atom is -0.397 e. The number of rotatable bonds is 5. The highest BCUT2D eigenvalue weighted by molar-refractivity contribution is 6.31. The molecule has 0 heterocycles. The Morgan fingerprint density at radius 3 is 2.50 bits per heavy atom. The van der Waals surface area contributed by atoms with Gasteiger partial charge in [-0.05, 0) is 18.9 Å². The summed E-state index contributed by atoms with van der Waals surface area (Å²) in [6, 6.07) is 2.39. The number of benzene rings is 1. The lowest BCUT2D eigenvalue weighted by molar-refractivity contribution is -0.135. The SMILES string of the molecule is Nc1cc(Cl)c(F)cc1NCCCCC(F)(F)F. The molecule has 0 amide bonds. The van der Waals surface area contributed by atoms with Crippen LogP contribution in [0.1, 0.15) is 19.3 Å². The van der Waals surface area contributed by atoms with Crippen molar-refractivity contribution in [1.82, 2.24) is 0 Å². The highest BCUT2D eigenvalue weighted by Gasteiger charge is 2.25. The summed E-state index contributed by atoms with van der Waals surface area (Å²) >= 11 is 5.51. The van der Waals surface area contributed by atoms with Gasteiger partial charge in [0.1, 0.15) is 5.82 Å². The number of hydrogen-bond acceptors (Lipinski definition) is 2. The smallest absolute Gasteiger partial charge is 0.389 e. The van der Waals surface area contributed by atoms with Crippen LogP contribution in [0, 0.1) is 5.82 Å². The van der Waals surface area contributed by atoms with Crippen molar-refractivity contribution in [3.63, 3.8) is 0 Å². The third kappa shape index (κ3) is 5.00. The highest BCUT2D eigenvalue weighted by atomic mass is 35.5. The van der Waals surface area contributed by atoms with Crippen LogP contribution in [0.25, 0.3) is 0 Å². The Balaban J connectivity index is 2.38. The van der Waals surface area contributed by atoms with Gasteiger partial charge < -0.3 is 11.1 Å². The van der Waals surface area contributed by atoms with E-state index in [0.717, 1.165) is 6.07 Å². The fourth-order valence-electron chi connectivity index (χ4n) is 1.39. The molecule has 0 radical (unpaired) electrons. The molecule has 0 atom stereocenters. The molecule has 0 fully saturated rings. The number of nitrogens with two attached hydrogens (primary N) is 1. The van der Waals surface area contributed by atoms with E-state index >= 15 is 0 Å². The molecule has 2 nitrogen and oxygen atoms in total. The van der Waals surface area contributed by atoms with E-state index in [0.29, 0.717) is 18.7 Å². The average Bonchev–Trinajstić information content (AvgIpc) is 2.23. The van der Waals surface area contributed by atoms with E-state index in [4.69, 9.17) is 17.3 Å². The third-order valence-corrected chi connectivity index (χ3v) is 2.58. The number of unbranched alkanes of at least 4 members (excludes halogenated alkanes) is 1. The highest BCUT2D eigenvalue weighted by Crippen LogP contribution is 2.26. The molecule has 0 saturated heterocycles. The van der Waals surface area contributed by atoms with Crippen molar-refractivity contribution in [1.29, 1.82) is 0 Å². The van der Waals surface area contributed by atoms with Gasteiger partial charge in [-0.1, -0.05) is 11.6 Å². The van der Waals surface area contributed by atoms with Crippen molar-refractivity contribution in [3.8, 4) is 0 Å². The zero-order chi connectivity index (χ0) is 13.8. The normalized spacial score (nSPS) is 11.6. The van der Waals surface area contributed by atoms with Gasteiger partial charge in [-0.25, -0.2) is 4.39 Å². The first-order valence-corrected chi connectivity index (χ1v) is 5.72. The Kier molecular flexibility index (Phi) is 5.07. The fourth-order valence-corrected chi connectivity index (χ4v) is 1.56. The van der Waals surface area contributed by atoms with Crippen LogP contribution >= 0.6 is 11.6 Å². The van der Waals surface area contributed by atoms with Crippen molar-refractivity contribution < 1.29 is 17.6 Å². The van der Waals surface area contributed by atoms with E-state index in [-0.39, 0.29) is 17.1 Å². The number of anilines is 2. The number of hydrogen-bond donors (Lipinski definition) is 2. The largest absolute Gasteiger partial charge is 0.397 e. The molecular weight excluding hydrogens is 272 g/mol. The van der Waals surface area contributed by atoms with Crippen molar-refractivity contribution >= 4 is 23.0 Å². The Morgan fingerprint density at radius 2 is 1.89 bits per heavy atom. The van der Waals surface area contributed by atoms with Crippen LogP contribution < -0.4 is 11.1 Å². The van der Waals surface area contributed by atoms with Crippen molar-refractivity contribution in [2.45, 2.75) is 25.4 Å². The molecule has 1 rings (SSSR count). The van der Waals surface area contributed by atoms with Gasteiger partial charge in [-0.15, -0.1) is 0 Å². The Labute approximate surface area is 107 Å². The van der Waals surface area contributed by atoms with Gasteiger partial charge in [0.25, 0.3) is 0 Å². The molecule has 1 aromatic rings. The molecule has 102 valence electrons. The molecule has 0 aromatic heterocycles. The lowest BCUT2D eigenvalue weighted by Gasteiger charge is -2.10. The maximum atomic E-state index is 13.1. The molecule has 18 heavy (non-hydrogen) atoms. The second-order valence-corrected chi connectivity index (χ2v) is 4.26. The van der Waals surface area contributed by atoms with Gasteiger partial charge in [-0.3, -0.25) is 0 Å². The number of nitrogens with one attached hydrogen (secondary N) is 1. The summed E-state index contributed by atoms with van der Waals surface area (Å²) in [6.45, 7) is 0.293. The topological polar surface area (TPSA) is 38.0 Å². The Morgan fingerprint density at radius 1 is 1.22 bits per heavy atom. The third-order valence-electron chi connectivity index (χ3n) is 2.29. The van der Waals surface area contributed by atoms with E-state index < -0.39 is 18.4 Å². The molecule has 1 aromatic carbocycles. The molecule has 3 N–H and O–H groups in total. The van der Waals surface area contributed by atoms with Crippen molar-refractivity contribution in [3.05, 3.63) is 23.0 Å². The summed E-state index contributed by atoms with van der Waals surface area (Å²) < 4.78 is 48.7. The molecule has 0 unspecified atom stereocenters. The molecule has 0 aliphatic heterocycles. The quantitative estimate of drug-likeness (QED) is 0.483. The maximum absolute atomic E-state index is 13.1. The minimum atomic E-state index is -4.13. The standard InChI is InChI=1S/C11H13ClF4N2/c12-7-5-9(17)10(6-8(7)13)18-4-2-1-3-11(14,15)16/h5-6,18H,1-4,17H2. The first-order valence-electron chi connectivity index (χ1n) is 5.35. The first-order chi connectivity index (χ1) is 8.29. The van der Waals surface area contributed by atoms with Gasteiger partial charge >= 0.3 is 6.18 Å². The Hall–Kier alpha value is -1.17. The van der Waals surface area contributed by atoms with Crippen molar-refractivity contribution in [2.24, 2.45) is 0 Å².